The van der Waals surface area contributed by atoms with Gasteiger partial charge < -0.3 is 43.4 Å². The minimum atomic E-state index is -1.41. The van der Waals surface area contributed by atoms with Crippen LogP contribution in [0.2, 0.25) is 0 Å². The molecule has 14 nitrogen and oxygen atoms in total. The van der Waals surface area contributed by atoms with Crippen LogP contribution in [0.5, 0.6) is 0 Å². The summed E-state index contributed by atoms with van der Waals surface area (Å²) in [5, 5.41) is 26.1. The van der Waals surface area contributed by atoms with Crippen molar-refractivity contribution in [1.29, 1.82) is 0 Å². The summed E-state index contributed by atoms with van der Waals surface area (Å²) in [6.45, 7) is 1.27. The molecule has 204 valence electrons. The molecule has 37 heavy (non-hydrogen) atoms. The van der Waals surface area contributed by atoms with Gasteiger partial charge in [0.1, 0.15) is 24.2 Å². The second-order valence-electron chi connectivity index (χ2n) is 8.49. The molecule has 14 heteroatoms. The van der Waals surface area contributed by atoms with E-state index in [1.165, 1.54) is 6.92 Å². The fourth-order valence-corrected chi connectivity index (χ4v) is 3.19. The van der Waals surface area contributed by atoms with E-state index >= 15 is 0 Å². The first-order chi connectivity index (χ1) is 17.3. The number of primary amides is 2. The summed E-state index contributed by atoms with van der Waals surface area (Å²) >= 11 is 0. The van der Waals surface area contributed by atoms with E-state index in [0.29, 0.717) is 5.56 Å². The molecule has 0 saturated carbocycles. The summed E-state index contributed by atoms with van der Waals surface area (Å²) in [6.07, 6.45) is -2.44. The first kappa shape index (κ1) is 31.0. The maximum Gasteiger partial charge on any atom is 0.326 e. The van der Waals surface area contributed by atoms with Crippen LogP contribution in [0.25, 0.3) is 0 Å². The standard InChI is InChI=1S/C23H34N6O8/c1-12(30)19(26)22(35)28-15(8-10-18(25)32)20(33)27-14(7-9-17(24)31)21(34)29-16(23(36)37)11-13-5-3-2-4-6-13/h2-6,12,14-16,19,30H,7-11,26H2,1H3,(H2,24,31)(H2,25,32)(H,27,33)(H,28,35)(H,29,34)(H,36,37). The van der Waals surface area contributed by atoms with Gasteiger partial charge in [-0.05, 0) is 25.3 Å². The van der Waals surface area contributed by atoms with Gasteiger partial charge in [0.05, 0.1) is 6.10 Å². The smallest absolute Gasteiger partial charge is 0.326 e. The minimum absolute atomic E-state index is 0.0487. The molecule has 0 heterocycles. The lowest BCUT2D eigenvalue weighted by Gasteiger charge is -2.25. The van der Waals surface area contributed by atoms with Crippen LogP contribution in [-0.2, 0) is 35.2 Å². The molecular weight excluding hydrogens is 488 g/mol. The summed E-state index contributed by atoms with van der Waals surface area (Å²) in [4.78, 5) is 72.5. The Bertz CT molecular complexity index is 971. The highest BCUT2D eigenvalue weighted by atomic mass is 16.4. The van der Waals surface area contributed by atoms with Gasteiger partial charge in [0, 0.05) is 19.3 Å². The molecule has 0 radical (unpaired) electrons. The van der Waals surface area contributed by atoms with Crippen molar-refractivity contribution in [2.75, 3.05) is 0 Å². The molecule has 0 aliphatic heterocycles. The van der Waals surface area contributed by atoms with Crippen LogP contribution in [0.15, 0.2) is 30.3 Å². The molecule has 0 aliphatic carbocycles. The third-order valence-electron chi connectivity index (χ3n) is 5.34. The number of carboxylic acids is 1. The molecule has 5 amide bonds. The first-order valence-electron chi connectivity index (χ1n) is 11.5. The van der Waals surface area contributed by atoms with Crippen molar-refractivity contribution >= 4 is 35.5 Å². The number of benzene rings is 1. The summed E-state index contributed by atoms with van der Waals surface area (Å²) < 4.78 is 0. The Balaban J connectivity index is 3.07. The van der Waals surface area contributed by atoms with Gasteiger partial charge in [-0.2, -0.15) is 0 Å². The molecule has 0 fully saturated rings. The Morgan fingerprint density at radius 3 is 1.62 bits per heavy atom. The van der Waals surface area contributed by atoms with E-state index in [9.17, 15) is 39.0 Å². The molecule has 0 aromatic heterocycles. The number of aliphatic hydroxyl groups excluding tert-OH is 1. The van der Waals surface area contributed by atoms with Crippen molar-refractivity contribution in [3.63, 3.8) is 0 Å². The number of nitrogens with two attached hydrogens (primary N) is 3. The number of carbonyl (C=O) groups excluding carboxylic acids is 5. The lowest BCUT2D eigenvalue weighted by atomic mass is 10.0. The van der Waals surface area contributed by atoms with Gasteiger partial charge in [-0.25, -0.2) is 4.79 Å². The van der Waals surface area contributed by atoms with Crippen LogP contribution in [-0.4, -0.2) is 76.0 Å². The Morgan fingerprint density at radius 1 is 0.784 bits per heavy atom. The van der Waals surface area contributed by atoms with E-state index in [2.05, 4.69) is 16.0 Å². The molecule has 1 rings (SSSR count). The maximum absolute atomic E-state index is 13.0. The largest absolute Gasteiger partial charge is 0.480 e. The second-order valence-corrected chi connectivity index (χ2v) is 8.49. The zero-order chi connectivity index (χ0) is 28.1. The van der Waals surface area contributed by atoms with E-state index in [0.717, 1.165) is 0 Å². The van der Waals surface area contributed by atoms with Crippen molar-refractivity contribution in [3.8, 4) is 0 Å². The van der Waals surface area contributed by atoms with E-state index in [4.69, 9.17) is 17.2 Å². The molecule has 1 aromatic carbocycles. The molecule has 11 N–H and O–H groups in total. The van der Waals surface area contributed by atoms with Crippen molar-refractivity contribution in [2.24, 2.45) is 17.2 Å². The fourth-order valence-electron chi connectivity index (χ4n) is 3.19. The van der Waals surface area contributed by atoms with Gasteiger partial charge >= 0.3 is 5.97 Å². The highest BCUT2D eigenvalue weighted by Gasteiger charge is 2.31. The molecule has 1 aromatic rings. The first-order valence-corrected chi connectivity index (χ1v) is 11.5. The SMILES string of the molecule is CC(O)C(N)C(=O)NC(CCC(N)=O)C(=O)NC(CCC(N)=O)C(=O)NC(Cc1ccccc1)C(=O)O. The zero-order valence-corrected chi connectivity index (χ0v) is 20.4. The van der Waals surface area contributed by atoms with E-state index in [1.54, 1.807) is 30.3 Å². The molecule has 5 atom stereocenters. The number of carbonyl (C=O) groups is 6. The quantitative estimate of drug-likeness (QED) is 0.110. The molecular formula is C23H34N6O8. The van der Waals surface area contributed by atoms with Crippen molar-refractivity contribution in [2.45, 2.75) is 69.3 Å². The maximum atomic E-state index is 13.0. The van der Waals surface area contributed by atoms with Gasteiger partial charge in [-0.1, -0.05) is 30.3 Å². The van der Waals surface area contributed by atoms with Crippen molar-refractivity contribution < 1.29 is 39.0 Å². The highest BCUT2D eigenvalue weighted by Crippen LogP contribution is 2.07. The number of amides is 5. The van der Waals surface area contributed by atoms with Crippen molar-refractivity contribution in [3.05, 3.63) is 35.9 Å². The normalized spacial score (nSPS) is 14.8. The van der Waals surface area contributed by atoms with Gasteiger partial charge in [-0.3, -0.25) is 24.0 Å². The van der Waals surface area contributed by atoms with Crippen LogP contribution in [0.1, 0.15) is 38.2 Å². The van der Waals surface area contributed by atoms with Crippen LogP contribution in [0.4, 0.5) is 0 Å². The Kier molecular flexibility index (Phi) is 12.7. The molecule has 0 spiro atoms. The minimum Gasteiger partial charge on any atom is -0.480 e. The second kappa shape index (κ2) is 15.2. The molecule has 5 unspecified atom stereocenters. The molecule has 0 aliphatic rings. The number of hydrogen-bond donors (Lipinski definition) is 8. The Labute approximate surface area is 213 Å². The Morgan fingerprint density at radius 2 is 1.22 bits per heavy atom. The number of nitrogens with one attached hydrogen (secondary N) is 3. The third-order valence-corrected chi connectivity index (χ3v) is 5.34. The summed E-state index contributed by atoms with van der Waals surface area (Å²) in [6, 6.07) is 2.99. The third kappa shape index (κ3) is 11.5. The topological polar surface area (TPSA) is 257 Å². The predicted octanol–water partition coefficient (Wildman–Crippen LogP) is -2.99. The summed E-state index contributed by atoms with van der Waals surface area (Å²) in [7, 11) is 0. The number of carboxylic acid groups (broad SMARTS) is 1. The van der Waals surface area contributed by atoms with E-state index in [1.807, 2.05) is 0 Å². The predicted molar refractivity (Wildman–Crippen MR) is 130 cm³/mol. The zero-order valence-electron chi connectivity index (χ0n) is 20.4. The van der Waals surface area contributed by atoms with Crippen LogP contribution in [0.3, 0.4) is 0 Å². The Hall–Kier alpha value is -4.04. The van der Waals surface area contributed by atoms with Gasteiger partial charge in [0.25, 0.3) is 0 Å². The average Bonchev–Trinajstić information content (AvgIpc) is 2.83. The van der Waals surface area contributed by atoms with Gasteiger partial charge in [0.15, 0.2) is 0 Å². The van der Waals surface area contributed by atoms with Gasteiger partial charge in [0.2, 0.25) is 29.5 Å². The fraction of sp³-hybridized carbons (Fsp3) is 0.478. The summed E-state index contributed by atoms with van der Waals surface area (Å²) in [5.74, 6) is -5.58. The number of rotatable bonds is 16. The van der Waals surface area contributed by atoms with Crippen molar-refractivity contribution in [1.82, 2.24) is 16.0 Å². The van der Waals surface area contributed by atoms with Crippen LogP contribution in [0, 0.1) is 0 Å². The lowest BCUT2D eigenvalue weighted by Crippen LogP contribution is -2.58. The number of aliphatic carboxylic acids is 1. The lowest BCUT2D eigenvalue weighted by molar-refractivity contribution is -0.142. The monoisotopic (exact) mass is 522 g/mol. The molecule has 0 bridgehead atoms. The number of hydrogen-bond acceptors (Lipinski definition) is 8. The summed E-state index contributed by atoms with van der Waals surface area (Å²) in [5.41, 5.74) is 16.5. The van der Waals surface area contributed by atoms with E-state index < -0.39 is 65.8 Å². The van der Waals surface area contributed by atoms with Crippen LogP contribution < -0.4 is 33.2 Å². The van der Waals surface area contributed by atoms with Gasteiger partial charge in [-0.15, -0.1) is 0 Å². The average molecular weight is 523 g/mol. The molecule has 0 saturated heterocycles. The van der Waals surface area contributed by atoms with E-state index in [-0.39, 0.29) is 32.1 Å². The number of aliphatic hydroxyl groups is 1. The highest BCUT2D eigenvalue weighted by molar-refractivity contribution is 5.94. The van der Waals surface area contributed by atoms with Crippen LogP contribution >= 0.6 is 0 Å².